The summed E-state index contributed by atoms with van der Waals surface area (Å²) in [4.78, 5) is 25.2. The van der Waals surface area contributed by atoms with Crippen LogP contribution in [0.3, 0.4) is 0 Å². The van der Waals surface area contributed by atoms with Crippen molar-refractivity contribution in [1.82, 2.24) is 24.3 Å². The summed E-state index contributed by atoms with van der Waals surface area (Å²) in [5.74, 6) is 0.890. The molecule has 2 aromatic heterocycles. The Morgan fingerprint density at radius 2 is 1.97 bits per heavy atom. The van der Waals surface area contributed by atoms with Gasteiger partial charge in [0, 0.05) is 62.6 Å². The number of amides is 2. The van der Waals surface area contributed by atoms with Crippen LogP contribution in [0.15, 0.2) is 67.1 Å². The zero-order chi connectivity index (χ0) is 23.5. The van der Waals surface area contributed by atoms with Crippen molar-refractivity contribution in [3.8, 4) is 28.3 Å². The molecule has 0 unspecified atom stereocenters. The largest absolute Gasteiger partial charge is 0.340 e. The minimum atomic E-state index is 0.0974. The highest BCUT2D eigenvalue weighted by Gasteiger charge is 2.39. The van der Waals surface area contributed by atoms with Gasteiger partial charge in [0.2, 0.25) is 0 Å². The third-order valence-corrected chi connectivity index (χ3v) is 7.29. The van der Waals surface area contributed by atoms with E-state index in [-0.39, 0.29) is 12.1 Å². The third kappa shape index (κ3) is 3.09. The van der Waals surface area contributed by atoms with E-state index in [9.17, 15) is 4.79 Å². The number of aromatic nitrogens is 3. The number of nitrogens with one attached hydrogen (secondary N) is 1. The second-order valence-electron chi connectivity index (χ2n) is 9.28. The van der Waals surface area contributed by atoms with Gasteiger partial charge < -0.3 is 14.8 Å². The molecule has 1 N–H and O–H groups in total. The monoisotopic (exact) mass is 461 g/mol. The highest BCUT2D eigenvalue weighted by Crippen LogP contribution is 2.36. The van der Waals surface area contributed by atoms with E-state index in [2.05, 4.69) is 54.7 Å². The van der Waals surface area contributed by atoms with Crippen LogP contribution in [0.2, 0.25) is 0 Å². The molecule has 0 radical (unpaired) electrons. The molecule has 172 valence electrons. The van der Waals surface area contributed by atoms with E-state index in [0.717, 1.165) is 59.2 Å². The van der Waals surface area contributed by atoms with Gasteiger partial charge in [0.15, 0.2) is 11.5 Å². The second-order valence-corrected chi connectivity index (χ2v) is 9.28. The van der Waals surface area contributed by atoms with Crippen molar-refractivity contribution in [3.63, 3.8) is 0 Å². The molecular weight excluding hydrogens is 438 g/mol. The Labute approximate surface area is 202 Å². The van der Waals surface area contributed by atoms with Crippen LogP contribution in [0.4, 0.5) is 16.2 Å². The maximum Gasteiger partial charge on any atom is 0.324 e. The lowest BCUT2D eigenvalue weighted by atomic mass is 10.1. The average molecular weight is 462 g/mol. The van der Waals surface area contributed by atoms with Gasteiger partial charge in [0.05, 0.1) is 24.0 Å². The summed E-state index contributed by atoms with van der Waals surface area (Å²) in [5.41, 5.74) is 6.99. The summed E-state index contributed by atoms with van der Waals surface area (Å²) in [6, 6.07) is 16.5. The number of imidazole rings is 1. The molecule has 0 bridgehead atoms. The number of anilines is 1. The van der Waals surface area contributed by atoms with Crippen molar-refractivity contribution < 1.29 is 4.79 Å². The Balaban J connectivity index is 1.29. The van der Waals surface area contributed by atoms with Gasteiger partial charge in [-0.15, -0.1) is 0 Å². The Hall–Kier alpha value is -4.35. The van der Waals surface area contributed by atoms with Crippen LogP contribution in [0, 0.1) is 6.57 Å². The topological polar surface area (TPSA) is 62.7 Å². The van der Waals surface area contributed by atoms with Crippen molar-refractivity contribution in [2.45, 2.75) is 12.6 Å². The quantitative estimate of drug-likeness (QED) is 0.402. The first-order valence-electron chi connectivity index (χ1n) is 11.8. The maximum absolute atomic E-state index is 13.1. The van der Waals surface area contributed by atoms with Gasteiger partial charge in [-0.05, 0) is 35.4 Å². The Morgan fingerprint density at radius 1 is 1.09 bits per heavy atom. The van der Waals surface area contributed by atoms with E-state index in [1.165, 1.54) is 0 Å². The first-order valence-corrected chi connectivity index (χ1v) is 11.8. The molecule has 1 atom stereocenters. The van der Waals surface area contributed by atoms with Crippen molar-refractivity contribution in [2.75, 3.05) is 31.1 Å². The zero-order valence-electron chi connectivity index (χ0n) is 19.1. The fourth-order valence-electron chi connectivity index (χ4n) is 5.52. The molecular formula is C27H23N7O. The van der Waals surface area contributed by atoms with Crippen molar-refractivity contribution in [2.24, 2.45) is 0 Å². The maximum atomic E-state index is 13.1. The standard InChI is InChI=1S/C27H23N7O/c1-28-21-4-2-18(3-5-21)19-13-25-26-30-9-11-33(26)24-7-6-22(12-20(24)16-31(25)15-19)34-17-23-14-29-8-10-32(23)27(34)35/h2-7,9,11-13,15,23,29H,8,10,14,16-17H2/t23-/m1/s1. The van der Waals surface area contributed by atoms with Crippen LogP contribution in [0.1, 0.15) is 5.56 Å². The van der Waals surface area contributed by atoms with E-state index in [4.69, 9.17) is 6.57 Å². The Kier molecular flexibility index (Phi) is 4.35. The first-order chi connectivity index (χ1) is 17.2. The summed E-state index contributed by atoms with van der Waals surface area (Å²) >= 11 is 0. The second kappa shape index (κ2) is 7.58. The number of carbonyl (C=O) groups excluding carboxylic acids is 1. The number of benzene rings is 2. The van der Waals surface area contributed by atoms with Crippen LogP contribution >= 0.6 is 0 Å². The zero-order valence-corrected chi connectivity index (χ0v) is 19.1. The van der Waals surface area contributed by atoms with Crippen molar-refractivity contribution in [1.29, 1.82) is 0 Å². The minimum absolute atomic E-state index is 0.0974. The van der Waals surface area contributed by atoms with Crippen molar-refractivity contribution >= 4 is 17.4 Å². The lowest BCUT2D eigenvalue weighted by Crippen LogP contribution is -2.49. The normalized spacial score (nSPS) is 18.4. The van der Waals surface area contributed by atoms with Crippen LogP contribution in [-0.2, 0) is 6.54 Å². The molecule has 2 fully saturated rings. The number of hydrogen-bond acceptors (Lipinski definition) is 3. The highest BCUT2D eigenvalue weighted by molar-refractivity contribution is 5.95. The van der Waals surface area contributed by atoms with E-state index in [1.54, 1.807) is 0 Å². The number of fused-ring (bicyclic) bond motifs is 6. The summed E-state index contributed by atoms with van der Waals surface area (Å²) in [6.07, 6.45) is 5.97. The van der Waals surface area contributed by atoms with Crippen molar-refractivity contribution in [3.05, 3.63) is 84.1 Å². The van der Waals surface area contributed by atoms with Crippen LogP contribution in [0.5, 0.6) is 0 Å². The third-order valence-electron chi connectivity index (χ3n) is 7.29. The lowest BCUT2D eigenvalue weighted by molar-refractivity contribution is 0.193. The summed E-state index contributed by atoms with van der Waals surface area (Å²) < 4.78 is 4.36. The number of urea groups is 1. The molecule has 7 rings (SSSR count). The van der Waals surface area contributed by atoms with Gasteiger partial charge in [-0.25, -0.2) is 14.6 Å². The number of carbonyl (C=O) groups is 1. The predicted octanol–water partition coefficient (Wildman–Crippen LogP) is 4.13. The lowest BCUT2D eigenvalue weighted by Gasteiger charge is -2.28. The van der Waals surface area contributed by atoms with Gasteiger partial charge in [-0.2, -0.15) is 0 Å². The molecule has 8 nitrogen and oxygen atoms in total. The molecule has 8 heteroatoms. The first kappa shape index (κ1) is 20.1. The molecule has 35 heavy (non-hydrogen) atoms. The summed E-state index contributed by atoms with van der Waals surface area (Å²) in [7, 11) is 0. The molecule has 0 aliphatic carbocycles. The number of hydrogen-bond donors (Lipinski definition) is 1. The van der Waals surface area contributed by atoms with Crippen LogP contribution in [-0.4, -0.2) is 57.3 Å². The van der Waals surface area contributed by atoms with Gasteiger partial charge in [0.1, 0.15) is 0 Å². The fourth-order valence-corrected chi connectivity index (χ4v) is 5.52. The van der Waals surface area contributed by atoms with E-state index < -0.39 is 0 Å². The predicted molar refractivity (Wildman–Crippen MR) is 134 cm³/mol. The summed E-state index contributed by atoms with van der Waals surface area (Å²) in [6.45, 7) is 11.0. The smallest absolute Gasteiger partial charge is 0.324 e. The Morgan fingerprint density at radius 3 is 2.80 bits per heavy atom. The number of rotatable bonds is 2. The van der Waals surface area contributed by atoms with E-state index in [0.29, 0.717) is 18.8 Å². The van der Waals surface area contributed by atoms with Gasteiger partial charge in [0.25, 0.3) is 0 Å². The van der Waals surface area contributed by atoms with Gasteiger partial charge in [-0.1, -0.05) is 24.3 Å². The van der Waals surface area contributed by atoms with Gasteiger partial charge in [-0.3, -0.25) is 9.47 Å². The van der Waals surface area contributed by atoms with Gasteiger partial charge >= 0.3 is 6.03 Å². The number of nitrogens with zero attached hydrogens (tertiary/aromatic N) is 6. The molecule has 0 saturated carbocycles. The van der Waals surface area contributed by atoms with E-state index >= 15 is 0 Å². The average Bonchev–Trinajstić information content (AvgIpc) is 3.60. The van der Waals surface area contributed by atoms with Crippen LogP contribution in [0.25, 0.3) is 33.2 Å². The Bertz CT molecular complexity index is 1510. The molecule has 3 aliphatic heterocycles. The van der Waals surface area contributed by atoms with E-state index in [1.807, 2.05) is 46.5 Å². The number of piperazine rings is 1. The molecule has 2 amide bonds. The molecule has 2 saturated heterocycles. The molecule has 0 spiro atoms. The minimum Gasteiger partial charge on any atom is -0.340 e. The molecule has 5 heterocycles. The summed E-state index contributed by atoms with van der Waals surface area (Å²) in [5, 5.41) is 3.40. The fraction of sp³-hybridized carbons (Fsp3) is 0.222. The highest BCUT2D eigenvalue weighted by atomic mass is 16.2. The SMILES string of the molecule is [C-]#[N+]c1ccc(-c2cc3n(c2)Cc2cc(N4C[C@H]5CNCCN5C4=O)ccc2-n2ccnc2-3)cc1. The van der Waals surface area contributed by atoms with Crippen LogP contribution < -0.4 is 10.2 Å². The molecule has 3 aliphatic rings. The molecule has 4 aromatic rings. The molecule has 2 aromatic carbocycles.